The molecular formula is C21H26N2O2S. The molecule has 0 spiro atoms. The van der Waals surface area contributed by atoms with Crippen molar-refractivity contribution >= 4 is 23.3 Å². The number of carbonyl (C=O) groups is 1. The normalized spacial score (nSPS) is 16.7. The van der Waals surface area contributed by atoms with Crippen molar-refractivity contribution in [1.82, 2.24) is 10.2 Å². The van der Waals surface area contributed by atoms with Gasteiger partial charge >= 0.3 is 0 Å². The van der Waals surface area contributed by atoms with Gasteiger partial charge in [-0.05, 0) is 42.5 Å². The van der Waals surface area contributed by atoms with Crippen LogP contribution in [0.3, 0.4) is 0 Å². The van der Waals surface area contributed by atoms with E-state index >= 15 is 0 Å². The first-order valence-electron chi connectivity index (χ1n) is 9.01. The molecule has 1 aliphatic rings. The average Bonchev–Trinajstić information content (AvgIpc) is 3.06. The molecule has 5 heteroatoms. The fraction of sp³-hybridized carbons (Fsp3) is 0.381. The van der Waals surface area contributed by atoms with E-state index in [4.69, 9.17) is 4.74 Å². The van der Waals surface area contributed by atoms with Crippen LogP contribution in [0.4, 0.5) is 0 Å². The van der Waals surface area contributed by atoms with Gasteiger partial charge < -0.3 is 10.1 Å². The van der Waals surface area contributed by atoms with E-state index in [2.05, 4.69) is 54.4 Å². The third kappa shape index (κ3) is 5.27. The molecule has 1 atom stereocenters. The Morgan fingerprint density at radius 1 is 1.23 bits per heavy atom. The number of nitrogens with zero attached hydrogens (tertiary/aromatic N) is 1. The fourth-order valence-corrected chi connectivity index (χ4v) is 3.82. The highest BCUT2D eigenvalue weighted by molar-refractivity contribution is 7.11. The lowest BCUT2D eigenvalue weighted by Gasteiger charge is -2.31. The molecule has 1 amide bonds. The molecule has 138 valence electrons. The summed E-state index contributed by atoms with van der Waals surface area (Å²) in [6.07, 6.45) is 3.54. The number of nitrogens with one attached hydrogen (secondary N) is 1. The Hall–Kier alpha value is -1.95. The molecule has 4 nitrogen and oxygen atoms in total. The maximum Gasteiger partial charge on any atom is 0.244 e. The van der Waals surface area contributed by atoms with Gasteiger partial charge in [-0.25, -0.2) is 0 Å². The highest BCUT2D eigenvalue weighted by Crippen LogP contribution is 2.18. The Morgan fingerprint density at radius 2 is 1.96 bits per heavy atom. The van der Waals surface area contributed by atoms with Crippen molar-refractivity contribution in [2.45, 2.75) is 19.9 Å². The lowest BCUT2D eigenvalue weighted by Crippen LogP contribution is -2.42. The zero-order valence-corrected chi connectivity index (χ0v) is 16.2. The molecule has 1 fully saturated rings. The van der Waals surface area contributed by atoms with Crippen molar-refractivity contribution in [1.29, 1.82) is 0 Å². The molecule has 1 aliphatic heterocycles. The Morgan fingerprint density at radius 3 is 2.62 bits per heavy atom. The van der Waals surface area contributed by atoms with Gasteiger partial charge in [0.05, 0.1) is 19.3 Å². The van der Waals surface area contributed by atoms with E-state index < -0.39 is 0 Å². The molecule has 0 bridgehead atoms. The molecule has 0 radical (unpaired) electrons. The molecule has 1 saturated heterocycles. The SMILES string of the molecule is Cc1ccc(C(CN2CCOCC2)NC(=O)/C=C/c2sccc2C)cc1. The van der Waals surface area contributed by atoms with E-state index in [0.29, 0.717) is 0 Å². The molecular weight excluding hydrogens is 344 g/mol. The van der Waals surface area contributed by atoms with Crippen molar-refractivity contribution < 1.29 is 9.53 Å². The van der Waals surface area contributed by atoms with Crippen LogP contribution < -0.4 is 5.32 Å². The molecule has 26 heavy (non-hydrogen) atoms. The van der Waals surface area contributed by atoms with Crippen molar-refractivity contribution in [2.24, 2.45) is 0 Å². The molecule has 0 aliphatic carbocycles. The van der Waals surface area contributed by atoms with Crippen molar-refractivity contribution in [2.75, 3.05) is 32.8 Å². The molecule has 1 N–H and O–H groups in total. The second-order valence-corrected chi connectivity index (χ2v) is 7.63. The van der Waals surface area contributed by atoms with Crippen molar-refractivity contribution in [3.63, 3.8) is 0 Å². The minimum absolute atomic E-state index is 0.0321. The second-order valence-electron chi connectivity index (χ2n) is 6.69. The summed E-state index contributed by atoms with van der Waals surface area (Å²) in [5.74, 6) is -0.0587. The number of morpholine rings is 1. The minimum Gasteiger partial charge on any atom is -0.379 e. The van der Waals surface area contributed by atoms with Crippen LogP contribution >= 0.6 is 11.3 Å². The number of carbonyl (C=O) groups excluding carboxylic acids is 1. The zero-order chi connectivity index (χ0) is 18.4. The predicted octanol–water partition coefficient (Wildman–Crippen LogP) is 3.57. The third-order valence-corrected chi connectivity index (χ3v) is 5.61. The van der Waals surface area contributed by atoms with Gasteiger partial charge in [0.15, 0.2) is 0 Å². The Labute approximate surface area is 159 Å². The average molecular weight is 371 g/mol. The summed E-state index contributed by atoms with van der Waals surface area (Å²) in [6, 6.07) is 10.4. The van der Waals surface area contributed by atoms with Gasteiger partial charge in [-0.1, -0.05) is 29.8 Å². The van der Waals surface area contributed by atoms with Gasteiger partial charge in [-0.15, -0.1) is 11.3 Å². The predicted molar refractivity (Wildman–Crippen MR) is 107 cm³/mol. The quantitative estimate of drug-likeness (QED) is 0.791. The molecule has 1 aromatic carbocycles. The molecule has 1 unspecified atom stereocenters. The number of hydrogen-bond acceptors (Lipinski definition) is 4. The van der Waals surface area contributed by atoms with E-state index in [1.54, 1.807) is 17.4 Å². The number of hydrogen-bond donors (Lipinski definition) is 1. The standard InChI is InChI=1S/C21H26N2O2S/c1-16-3-5-18(6-4-16)19(15-23-10-12-25-13-11-23)22-21(24)8-7-20-17(2)9-14-26-20/h3-9,14,19H,10-13,15H2,1-2H3,(H,22,24)/b8-7+. The summed E-state index contributed by atoms with van der Waals surface area (Å²) in [5, 5.41) is 5.22. The lowest BCUT2D eigenvalue weighted by atomic mass is 10.0. The summed E-state index contributed by atoms with van der Waals surface area (Å²) in [4.78, 5) is 16.0. The highest BCUT2D eigenvalue weighted by Gasteiger charge is 2.19. The Balaban J connectivity index is 1.69. The molecule has 2 aromatic rings. The number of benzene rings is 1. The van der Waals surface area contributed by atoms with E-state index in [1.165, 1.54) is 11.1 Å². The van der Waals surface area contributed by atoms with Crippen LogP contribution in [0.15, 0.2) is 41.8 Å². The molecule has 1 aromatic heterocycles. The fourth-order valence-electron chi connectivity index (χ4n) is 3.00. The smallest absolute Gasteiger partial charge is 0.244 e. The summed E-state index contributed by atoms with van der Waals surface area (Å²) >= 11 is 1.65. The largest absolute Gasteiger partial charge is 0.379 e. The lowest BCUT2D eigenvalue weighted by molar-refractivity contribution is -0.117. The highest BCUT2D eigenvalue weighted by atomic mass is 32.1. The third-order valence-electron chi connectivity index (χ3n) is 4.63. The van der Waals surface area contributed by atoms with Crippen LogP contribution in [0.1, 0.15) is 27.6 Å². The van der Waals surface area contributed by atoms with Gasteiger partial charge in [-0.3, -0.25) is 9.69 Å². The summed E-state index contributed by atoms with van der Waals surface area (Å²) in [7, 11) is 0. The second kappa shape index (κ2) is 9.12. The number of amides is 1. The first-order valence-corrected chi connectivity index (χ1v) is 9.89. The number of rotatable bonds is 6. The van der Waals surface area contributed by atoms with Crippen LogP contribution in [-0.4, -0.2) is 43.7 Å². The van der Waals surface area contributed by atoms with E-state index in [9.17, 15) is 4.79 Å². The molecule has 3 rings (SSSR count). The van der Waals surface area contributed by atoms with Gasteiger partial charge in [0.2, 0.25) is 5.91 Å². The minimum atomic E-state index is -0.0587. The van der Waals surface area contributed by atoms with Crippen LogP contribution in [0.5, 0.6) is 0 Å². The van der Waals surface area contributed by atoms with Crippen LogP contribution in [0.25, 0.3) is 6.08 Å². The summed E-state index contributed by atoms with van der Waals surface area (Å²) in [6.45, 7) is 8.25. The first-order chi connectivity index (χ1) is 12.6. The molecule has 0 saturated carbocycles. The van der Waals surface area contributed by atoms with Crippen LogP contribution in [0, 0.1) is 13.8 Å². The van der Waals surface area contributed by atoms with Crippen molar-refractivity contribution in [3.8, 4) is 0 Å². The van der Waals surface area contributed by atoms with Crippen LogP contribution in [0.2, 0.25) is 0 Å². The summed E-state index contributed by atoms with van der Waals surface area (Å²) in [5.41, 5.74) is 3.55. The van der Waals surface area contributed by atoms with Gasteiger partial charge in [0.1, 0.15) is 0 Å². The first kappa shape index (κ1) is 18.8. The van der Waals surface area contributed by atoms with Gasteiger partial charge in [0.25, 0.3) is 0 Å². The van der Waals surface area contributed by atoms with Gasteiger partial charge in [-0.2, -0.15) is 0 Å². The van der Waals surface area contributed by atoms with Crippen molar-refractivity contribution in [3.05, 3.63) is 63.4 Å². The Kier molecular flexibility index (Phi) is 6.61. The number of thiophene rings is 1. The maximum absolute atomic E-state index is 12.5. The van der Waals surface area contributed by atoms with Gasteiger partial charge in [0, 0.05) is 30.6 Å². The number of ether oxygens (including phenoxy) is 1. The van der Waals surface area contributed by atoms with E-state index in [-0.39, 0.29) is 11.9 Å². The maximum atomic E-state index is 12.5. The molecule has 2 heterocycles. The Bertz CT molecular complexity index is 746. The monoisotopic (exact) mass is 370 g/mol. The van der Waals surface area contributed by atoms with E-state index in [1.807, 2.05) is 11.5 Å². The van der Waals surface area contributed by atoms with E-state index in [0.717, 1.165) is 43.3 Å². The topological polar surface area (TPSA) is 41.6 Å². The van der Waals surface area contributed by atoms with Crippen LogP contribution in [-0.2, 0) is 9.53 Å². The zero-order valence-electron chi connectivity index (χ0n) is 15.4. The summed E-state index contributed by atoms with van der Waals surface area (Å²) < 4.78 is 5.44. The number of aryl methyl sites for hydroxylation is 2.